The van der Waals surface area contributed by atoms with Crippen LogP contribution in [0.1, 0.15) is 24.3 Å². The zero-order chi connectivity index (χ0) is 10.1. The van der Waals surface area contributed by atoms with E-state index in [-0.39, 0.29) is 0 Å². The van der Waals surface area contributed by atoms with E-state index in [0.717, 1.165) is 19.0 Å². The molecular weight excluding hydrogens is 184 g/mol. The minimum absolute atomic E-state index is 0.752. The Hall–Kier alpha value is -1.02. The first kappa shape index (κ1) is 9.22. The molecule has 1 aromatic rings. The van der Waals surface area contributed by atoms with Gasteiger partial charge in [0.15, 0.2) is 0 Å². The van der Waals surface area contributed by atoms with Crippen LogP contribution in [0.4, 0.5) is 5.69 Å². The highest BCUT2D eigenvalue weighted by Crippen LogP contribution is 2.31. The molecule has 0 aromatic heterocycles. The van der Waals surface area contributed by atoms with Gasteiger partial charge >= 0.3 is 0 Å². The standard InChI is InChI=1S/C13H18N2/c1-2-6-13(15-7-3-4-8-15)12(5-1)11-9-14-10-11/h1-2,5-6,11,14H,3-4,7-10H2. The Labute approximate surface area is 91.3 Å². The molecule has 2 fully saturated rings. The van der Waals surface area contributed by atoms with Gasteiger partial charge in [0.05, 0.1) is 0 Å². The lowest BCUT2D eigenvalue weighted by atomic mass is 9.92. The molecule has 3 rings (SSSR count). The van der Waals surface area contributed by atoms with Gasteiger partial charge in [-0.15, -0.1) is 0 Å². The fraction of sp³-hybridized carbons (Fsp3) is 0.538. The van der Waals surface area contributed by atoms with E-state index in [1.807, 2.05) is 0 Å². The van der Waals surface area contributed by atoms with Crippen LogP contribution >= 0.6 is 0 Å². The Bertz CT molecular complexity index is 338. The second kappa shape index (κ2) is 3.86. The minimum atomic E-state index is 0.752. The maximum Gasteiger partial charge on any atom is 0.0402 e. The van der Waals surface area contributed by atoms with Gasteiger partial charge in [-0.3, -0.25) is 0 Å². The van der Waals surface area contributed by atoms with Crippen molar-refractivity contribution in [3.63, 3.8) is 0 Å². The second-order valence-electron chi connectivity index (χ2n) is 4.61. The Morgan fingerprint density at radius 3 is 2.47 bits per heavy atom. The van der Waals surface area contributed by atoms with Gasteiger partial charge < -0.3 is 10.2 Å². The van der Waals surface area contributed by atoms with Crippen LogP contribution in [-0.2, 0) is 0 Å². The highest BCUT2D eigenvalue weighted by Gasteiger charge is 2.24. The third-order valence-electron chi connectivity index (χ3n) is 3.60. The van der Waals surface area contributed by atoms with Gasteiger partial charge in [0.2, 0.25) is 0 Å². The molecular formula is C13H18N2. The molecule has 1 N–H and O–H groups in total. The number of anilines is 1. The lowest BCUT2D eigenvalue weighted by Crippen LogP contribution is -2.40. The fourth-order valence-electron chi connectivity index (χ4n) is 2.59. The largest absolute Gasteiger partial charge is 0.371 e. The number of para-hydroxylation sites is 1. The monoisotopic (exact) mass is 202 g/mol. The summed E-state index contributed by atoms with van der Waals surface area (Å²) in [5.41, 5.74) is 3.04. The molecule has 0 spiro atoms. The van der Waals surface area contributed by atoms with E-state index in [9.17, 15) is 0 Å². The summed E-state index contributed by atoms with van der Waals surface area (Å²) in [4.78, 5) is 2.55. The summed E-state index contributed by atoms with van der Waals surface area (Å²) in [6.45, 7) is 4.81. The molecule has 2 heterocycles. The number of rotatable bonds is 2. The van der Waals surface area contributed by atoms with Crippen molar-refractivity contribution in [1.29, 1.82) is 0 Å². The lowest BCUT2D eigenvalue weighted by Gasteiger charge is -2.32. The fourth-order valence-corrected chi connectivity index (χ4v) is 2.59. The first-order valence-electron chi connectivity index (χ1n) is 6.00. The minimum Gasteiger partial charge on any atom is -0.371 e. The molecule has 0 saturated carbocycles. The van der Waals surface area contributed by atoms with E-state index in [4.69, 9.17) is 0 Å². The van der Waals surface area contributed by atoms with Gasteiger partial charge in [0.1, 0.15) is 0 Å². The van der Waals surface area contributed by atoms with Gasteiger partial charge in [0, 0.05) is 37.8 Å². The molecule has 2 heteroatoms. The smallest absolute Gasteiger partial charge is 0.0402 e. The van der Waals surface area contributed by atoms with E-state index < -0.39 is 0 Å². The van der Waals surface area contributed by atoms with Crippen molar-refractivity contribution in [2.24, 2.45) is 0 Å². The number of hydrogen-bond donors (Lipinski definition) is 1. The van der Waals surface area contributed by atoms with Gasteiger partial charge in [-0.25, -0.2) is 0 Å². The molecule has 0 unspecified atom stereocenters. The van der Waals surface area contributed by atoms with Crippen LogP contribution in [0.3, 0.4) is 0 Å². The van der Waals surface area contributed by atoms with Crippen molar-refractivity contribution in [3.05, 3.63) is 29.8 Å². The van der Waals surface area contributed by atoms with Gasteiger partial charge in [-0.1, -0.05) is 18.2 Å². The maximum atomic E-state index is 3.36. The molecule has 0 radical (unpaired) electrons. The molecule has 0 bridgehead atoms. The average Bonchev–Trinajstić information content (AvgIpc) is 2.69. The summed E-state index contributed by atoms with van der Waals surface area (Å²) in [7, 11) is 0. The second-order valence-corrected chi connectivity index (χ2v) is 4.61. The number of nitrogens with one attached hydrogen (secondary N) is 1. The Morgan fingerprint density at radius 1 is 1.07 bits per heavy atom. The zero-order valence-corrected chi connectivity index (χ0v) is 9.08. The topological polar surface area (TPSA) is 15.3 Å². The van der Waals surface area contributed by atoms with Crippen LogP contribution < -0.4 is 10.2 Å². The summed E-state index contributed by atoms with van der Waals surface area (Å²) in [5, 5.41) is 3.36. The molecule has 2 nitrogen and oxygen atoms in total. The summed E-state index contributed by atoms with van der Waals surface area (Å²) < 4.78 is 0. The van der Waals surface area contributed by atoms with Crippen LogP contribution in [0, 0.1) is 0 Å². The normalized spacial score (nSPS) is 21.7. The number of nitrogens with zero attached hydrogens (tertiary/aromatic N) is 1. The molecule has 2 saturated heterocycles. The first-order valence-corrected chi connectivity index (χ1v) is 6.00. The van der Waals surface area contributed by atoms with E-state index in [1.165, 1.54) is 31.6 Å². The van der Waals surface area contributed by atoms with E-state index in [1.54, 1.807) is 5.56 Å². The summed E-state index contributed by atoms with van der Waals surface area (Å²) >= 11 is 0. The molecule has 1 aromatic carbocycles. The van der Waals surface area contributed by atoms with Crippen LogP contribution in [0.5, 0.6) is 0 Å². The van der Waals surface area contributed by atoms with E-state index >= 15 is 0 Å². The van der Waals surface area contributed by atoms with Crippen molar-refractivity contribution in [1.82, 2.24) is 5.32 Å². The summed E-state index contributed by atoms with van der Waals surface area (Å²) in [5.74, 6) is 0.752. The van der Waals surface area contributed by atoms with Crippen LogP contribution in [-0.4, -0.2) is 26.2 Å². The van der Waals surface area contributed by atoms with E-state index in [0.29, 0.717) is 0 Å². The Balaban J connectivity index is 1.90. The summed E-state index contributed by atoms with van der Waals surface area (Å²) in [6.07, 6.45) is 2.72. The first-order chi connectivity index (χ1) is 7.45. The quantitative estimate of drug-likeness (QED) is 0.789. The lowest BCUT2D eigenvalue weighted by molar-refractivity contribution is 0.448. The zero-order valence-electron chi connectivity index (χ0n) is 9.08. The van der Waals surface area contributed by atoms with Gasteiger partial charge in [-0.2, -0.15) is 0 Å². The van der Waals surface area contributed by atoms with Crippen molar-refractivity contribution in [2.75, 3.05) is 31.1 Å². The molecule has 0 atom stereocenters. The van der Waals surface area contributed by atoms with E-state index in [2.05, 4.69) is 34.5 Å². The number of benzene rings is 1. The van der Waals surface area contributed by atoms with Crippen LogP contribution in [0.2, 0.25) is 0 Å². The third-order valence-corrected chi connectivity index (χ3v) is 3.60. The van der Waals surface area contributed by atoms with Crippen molar-refractivity contribution < 1.29 is 0 Å². The van der Waals surface area contributed by atoms with Crippen molar-refractivity contribution >= 4 is 5.69 Å². The predicted molar refractivity (Wildman–Crippen MR) is 63.5 cm³/mol. The van der Waals surface area contributed by atoms with Crippen molar-refractivity contribution in [3.8, 4) is 0 Å². The highest BCUT2D eigenvalue weighted by molar-refractivity contribution is 5.56. The van der Waals surface area contributed by atoms with Crippen LogP contribution in [0.25, 0.3) is 0 Å². The highest BCUT2D eigenvalue weighted by atomic mass is 15.1. The molecule has 80 valence electrons. The molecule has 15 heavy (non-hydrogen) atoms. The molecule has 2 aliphatic heterocycles. The summed E-state index contributed by atoms with van der Waals surface area (Å²) in [6, 6.07) is 8.94. The third kappa shape index (κ3) is 1.63. The number of hydrogen-bond acceptors (Lipinski definition) is 2. The molecule has 2 aliphatic rings. The van der Waals surface area contributed by atoms with Gasteiger partial charge in [-0.05, 0) is 24.5 Å². The SMILES string of the molecule is c1ccc(N2CCCC2)c(C2CNC2)c1. The average molecular weight is 202 g/mol. The van der Waals surface area contributed by atoms with Crippen LogP contribution in [0.15, 0.2) is 24.3 Å². The maximum absolute atomic E-state index is 3.36. The Morgan fingerprint density at radius 2 is 1.80 bits per heavy atom. The van der Waals surface area contributed by atoms with Crippen molar-refractivity contribution in [2.45, 2.75) is 18.8 Å². The molecule has 0 amide bonds. The Kier molecular flexibility index (Phi) is 2.37. The predicted octanol–water partition coefficient (Wildman–Crippen LogP) is 1.97. The molecule has 0 aliphatic carbocycles. The van der Waals surface area contributed by atoms with Gasteiger partial charge in [0.25, 0.3) is 0 Å².